The third-order valence-corrected chi connectivity index (χ3v) is 4.38. The number of nitrogens with zero attached hydrogens (tertiary/aromatic N) is 2. The zero-order valence-corrected chi connectivity index (χ0v) is 16.3. The normalized spacial score (nSPS) is 11.1. The molecule has 0 spiro atoms. The van der Waals surface area contributed by atoms with E-state index in [2.05, 4.69) is 0 Å². The van der Waals surface area contributed by atoms with Crippen molar-refractivity contribution in [1.29, 1.82) is 5.26 Å². The van der Waals surface area contributed by atoms with Crippen LogP contribution in [-0.2, 0) is 12.7 Å². The second-order valence-electron chi connectivity index (χ2n) is 6.23. The van der Waals surface area contributed by atoms with Crippen molar-refractivity contribution in [3.63, 3.8) is 0 Å². The first-order valence-corrected chi connectivity index (χ1v) is 8.91. The van der Waals surface area contributed by atoms with Gasteiger partial charge in [-0.15, -0.1) is 0 Å². The predicted octanol–water partition coefficient (Wildman–Crippen LogP) is 5.24. The topological polar surface area (TPSA) is 64.2 Å². The lowest BCUT2D eigenvalue weighted by molar-refractivity contribution is -0.138. The molecule has 0 aliphatic heterocycles. The SMILES string of the molecule is COc1ccc(Cn2ccc(C(F)(F)F)c(Oc3cc(Cl)cc(C#N)c3)c2=O)cc1. The van der Waals surface area contributed by atoms with E-state index in [9.17, 15) is 18.0 Å². The number of nitriles is 1. The summed E-state index contributed by atoms with van der Waals surface area (Å²) < 4.78 is 51.9. The summed E-state index contributed by atoms with van der Waals surface area (Å²) >= 11 is 5.88. The molecule has 3 aromatic rings. The summed E-state index contributed by atoms with van der Waals surface area (Å²) in [4.78, 5) is 12.8. The summed E-state index contributed by atoms with van der Waals surface area (Å²) in [5.74, 6) is -0.440. The molecule has 0 unspecified atom stereocenters. The van der Waals surface area contributed by atoms with Gasteiger partial charge in [-0.25, -0.2) is 0 Å². The maximum absolute atomic E-state index is 13.5. The summed E-state index contributed by atoms with van der Waals surface area (Å²) in [5.41, 5.74) is -1.44. The maximum Gasteiger partial charge on any atom is 0.420 e. The Morgan fingerprint density at radius 2 is 1.80 bits per heavy atom. The average Bonchev–Trinajstić information content (AvgIpc) is 2.70. The fraction of sp³-hybridized carbons (Fsp3) is 0.143. The van der Waals surface area contributed by atoms with Gasteiger partial charge in [0.15, 0.2) is 0 Å². The molecule has 0 atom stereocenters. The van der Waals surface area contributed by atoms with Crippen molar-refractivity contribution in [3.05, 3.63) is 86.8 Å². The molecule has 3 rings (SSSR count). The largest absolute Gasteiger partial charge is 0.497 e. The fourth-order valence-electron chi connectivity index (χ4n) is 2.73. The highest BCUT2D eigenvalue weighted by Crippen LogP contribution is 2.36. The minimum Gasteiger partial charge on any atom is -0.497 e. The monoisotopic (exact) mass is 434 g/mol. The predicted molar refractivity (Wildman–Crippen MR) is 104 cm³/mol. The van der Waals surface area contributed by atoms with Crippen LogP contribution in [0.15, 0.2) is 59.5 Å². The average molecular weight is 435 g/mol. The fourth-order valence-corrected chi connectivity index (χ4v) is 2.96. The number of alkyl halides is 3. The summed E-state index contributed by atoms with van der Waals surface area (Å²) in [6.45, 7) is 0.0241. The van der Waals surface area contributed by atoms with Crippen LogP contribution >= 0.6 is 11.6 Å². The van der Waals surface area contributed by atoms with Crippen LogP contribution in [0.2, 0.25) is 5.02 Å². The highest BCUT2D eigenvalue weighted by Gasteiger charge is 2.36. The molecule has 0 amide bonds. The van der Waals surface area contributed by atoms with Gasteiger partial charge in [-0.3, -0.25) is 4.79 Å². The number of aromatic nitrogens is 1. The molecule has 154 valence electrons. The first kappa shape index (κ1) is 21.3. The van der Waals surface area contributed by atoms with Gasteiger partial charge in [0, 0.05) is 11.2 Å². The van der Waals surface area contributed by atoms with E-state index in [1.165, 1.54) is 25.3 Å². The molecule has 9 heteroatoms. The Morgan fingerprint density at radius 3 is 2.40 bits per heavy atom. The molecule has 0 bridgehead atoms. The standard InChI is InChI=1S/C21H14ClF3N2O3/c1-29-16-4-2-13(3-5-16)12-27-7-6-18(21(23,24)25)19(20(27)28)30-17-9-14(11-26)8-15(22)10-17/h2-10H,12H2,1H3. The van der Waals surface area contributed by atoms with Crippen molar-refractivity contribution in [2.45, 2.75) is 12.7 Å². The summed E-state index contributed by atoms with van der Waals surface area (Å²) in [6.07, 6.45) is -3.76. The molecule has 1 aromatic heterocycles. The Bertz CT molecular complexity index is 1170. The molecule has 0 saturated carbocycles. The third-order valence-electron chi connectivity index (χ3n) is 4.16. The molecule has 0 saturated heterocycles. The van der Waals surface area contributed by atoms with Crippen LogP contribution in [0.3, 0.4) is 0 Å². The lowest BCUT2D eigenvalue weighted by Gasteiger charge is -2.16. The van der Waals surface area contributed by atoms with E-state index in [4.69, 9.17) is 26.3 Å². The Labute approximate surface area is 174 Å². The molecule has 1 heterocycles. The van der Waals surface area contributed by atoms with E-state index in [-0.39, 0.29) is 22.9 Å². The Balaban J connectivity index is 2.05. The Hall–Kier alpha value is -3.44. The lowest BCUT2D eigenvalue weighted by Crippen LogP contribution is -2.25. The van der Waals surface area contributed by atoms with E-state index in [1.807, 2.05) is 6.07 Å². The molecule has 2 aromatic carbocycles. The van der Waals surface area contributed by atoms with Gasteiger partial charge in [-0.05, 0) is 42.0 Å². The van der Waals surface area contributed by atoms with Crippen LogP contribution in [-0.4, -0.2) is 11.7 Å². The highest BCUT2D eigenvalue weighted by molar-refractivity contribution is 6.30. The van der Waals surface area contributed by atoms with E-state index in [0.29, 0.717) is 11.3 Å². The van der Waals surface area contributed by atoms with Gasteiger partial charge >= 0.3 is 6.18 Å². The van der Waals surface area contributed by atoms with Crippen LogP contribution in [0.25, 0.3) is 0 Å². The molecule has 0 fully saturated rings. The molecule has 0 N–H and O–H groups in total. The number of halogens is 4. The van der Waals surface area contributed by atoms with Crippen LogP contribution in [0.4, 0.5) is 13.2 Å². The lowest BCUT2D eigenvalue weighted by atomic mass is 10.2. The van der Waals surface area contributed by atoms with Crippen molar-refractivity contribution in [2.24, 2.45) is 0 Å². The van der Waals surface area contributed by atoms with Gasteiger partial charge in [0.1, 0.15) is 17.1 Å². The van der Waals surface area contributed by atoms with Crippen LogP contribution in [0.5, 0.6) is 17.2 Å². The third kappa shape index (κ3) is 4.75. The molecule has 5 nitrogen and oxygen atoms in total. The Kier molecular flexibility index (Phi) is 6.04. The molecule has 0 radical (unpaired) electrons. The molecular formula is C21H14ClF3N2O3. The van der Waals surface area contributed by atoms with Crippen LogP contribution in [0, 0.1) is 11.3 Å². The summed E-state index contributed by atoms with van der Waals surface area (Å²) in [6, 6.07) is 13.1. The van der Waals surface area contributed by atoms with Crippen LogP contribution in [0.1, 0.15) is 16.7 Å². The van der Waals surface area contributed by atoms with Crippen molar-refractivity contribution in [1.82, 2.24) is 4.57 Å². The van der Waals surface area contributed by atoms with E-state index in [1.54, 1.807) is 24.3 Å². The number of methoxy groups -OCH3 is 1. The zero-order valence-electron chi connectivity index (χ0n) is 15.5. The second-order valence-corrected chi connectivity index (χ2v) is 6.66. The maximum atomic E-state index is 13.5. The van der Waals surface area contributed by atoms with Crippen molar-refractivity contribution >= 4 is 11.6 Å². The van der Waals surface area contributed by atoms with E-state index >= 15 is 0 Å². The first-order valence-electron chi connectivity index (χ1n) is 8.53. The van der Waals surface area contributed by atoms with Crippen molar-refractivity contribution in [3.8, 4) is 23.3 Å². The van der Waals surface area contributed by atoms with Gasteiger partial charge in [-0.1, -0.05) is 23.7 Å². The number of benzene rings is 2. The minimum atomic E-state index is -4.82. The number of ether oxygens (including phenoxy) is 2. The number of pyridine rings is 1. The zero-order chi connectivity index (χ0) is 21.9. The van der Waals surface area contributed by atoms with E-state index in [0.717, 1.165) is 16.8 Å². The van der Waals surface area contributed by atoms with Crippen molar-refractivity contribution < 1.29 is 22.6 Å². The quantitative estimate of drug-likeness (QED) is 0.550. The Morgan fingerprint density at radius 1 is 1.10 bits per heavy atom. The van der Waals surface area contributed by atoms with Crippen LogP contribution < -0.4 is 15.0 Å². The minimum absolute atomic E-state index is 0.0241. The summed E-state index contributed by atoms with van der Waals surface area (Å²) in [5, 5.41) is 9.11. The number of hydrogen-bond acceptors (Lipinski definition) is 4. The van der Waals surface area contributed by atoms with Gasteiger partial charge in [0.2, 0.25) is 5.75 Å². The van der Waals surface area contributed by atoms with Gasteiger partial charge in [0.25, 0.3) is 5.56 Å². The van der Waals surface area contributed by atoms with E-state index < -0.39 is 23.0 Å². The smallest absolute Gasteiger partial charge is 0.420 e. The number of rotatable bonds is 5. The summed E-state index contributed by atoms with van der Waals surface area (Å²) in [7, 11) is 1.51. The number of hydrogen-bond donors (Lipinski definition) is 0. The molecule has 30 heavy (non-hydrogen) atoms. The molecule has 0 aliphatic rings. The van der Waals surface area contributed by atoms with Gasteiger partial charge < -0.3 is 14.0 Å². The second kappa shape index (κ2) is 8.51. The van der Waals surface area contributed by atoms with Crippen molar-refractivity contribution in [2.75, 3.05) is 7.11 Å². The first-order chi connectivity index (χ1) is 14.2. The van der Waals surface area contributed by atoms with Gasteiger partial charge in [0.05, 0.1) is 25.3 Å². The molecule has 0 aliphatic carbocycles. The van der Waals surface area contributed by atoms with Gasteiger partial charge in [-0.2, -0.15) is 18.4 Å². The molecular weight excluding hydrogens is 421 g/mol. The highest BCUT2D eigenvalue weighted by atomic mass is 35.5.